The number of carbonyl (C=O) groups is 1. The lowest BCUT2D eigenvalue weighted by atomic mass is 10.2. The quantitative estimate of drug-likeness (QED) is 0.760. The van der Waals surface area contributed by atoms with Crippen LogP contribution in [0.2, 0.25) is 0 Å². The number of amides is 2. The van der Waals surface area contributed by atoms with Crippen molar-refractivity contribution in [3.8, 4) is 0 Å². The van der Waals surface area contributed by atoms with E-state index in [4.69, 9.17) is 5.73 Å². The molecule has 0 aliphatic carbocycles. The molecule has 1 unspecified atom stereocenters. The molecule has 1 aliphatic heterocycles. The molecule has 3 heterocycles. The van der Waals surface area contributed by atoms with Crippen LogP contribution < -0.4 is 10.6 Å². The third-order valence-electron chi connectivity index (χ3n) is 4.08. The number of hydrogen-bond acceptors (Lipinski definition) is 6. The van der Waals surface area contributed by atoms with Crippen LogP contribution >= 0.6 is 0 Å². The van der Waals surface area contributed by atoms with Crippen molar-refractivity contribution in [1.82, 2.24) is 19.2 Å². The number of piperazine rings is 1. The fourth-order valence-electron chi connectivity index (χ4n) is 2.87. The van der Waals surface area contributed by atoms with E-state index in [9.17, 15) is 13.6 Å². The van der Waals surface area contributed by atoms with Gasteiger partial charge in [0.15, 0.2) is 5.82 Å². The number of rotatable bonds is 2. The van der Waals surface area contributed by atoms with Gasteiger partial charge >= 0.3 is 6.03 Å². The van der Waals surface area contributed by atoms with E-state index < -0.39 is 11.1 Å². The smallest absolute Gasteiger partial charge is 0.319 e. The number of imidazole rings is 1. The second kappa shape index (κ2) is 6.29. The molecule has 0 radical (unpaired) electrons. The van der Waals surface area contributed by atoms with Crippen LogP contribution in [-0.2, 0) is 11.1 Å². The van der Waals surface area contributed by atoms with Crippen LogP contribution in [0.3, 0.4) is 0 Å². The molecule has 0 saturated carbocycles. The van der Waals surface area contributed by atoms with Gasteiger partial charge in [-0.2, -0.15) is 0 Å². The number of anilines is 2. The molecule has 2 aromatic rings. The van der Waals surface area contributed by atoms with Crippen LogP contribution in [0.5, 0.6) is 0 Å². The highest BCUT2D eigenvalue weighted by molar-refractivity contribution is 7.79. The average molecular weight is 351 g/mol. The third kappa shape index (κ3) is 2.89. The van der Waals surface area contributed by atoms with E-state index in [0.29, 0.717) is 43.2 Å². The number of carbonyl (C=O) groups excluding carboxylic acids is 1. The van der Waals surface area contributed by atoms with E-state index in [1.807, 2.05) is 4.90 Å². The van der Waals surface area contributed by atoms with Crippen molar-refractivity contribution < 1.29 is 13.6 Å². The molecule has 2 N–H and O–H groups in total. The molecule has 3 rings (SSSR count). The number of aromatic nitrogens is 2. The molecule has 2 aromatic heterocycles. The minimum atomic E-state index is -2.35. The molecule has 1 aliphatic rings. The summed E-state index contributed by atoms with van der Waals surface area (Å²) >= 11 is -2.35. The molecule has 0 bridgehead atoms. The monoisotopic (exact) mass is 351 g/mol. The molecule has 1 fully saturated rings. The van der Waals surface area contributed by atoms with Gasteiger partial charge in [-0.3, -0.25) is 4.21 Å². The summed E-state index contributed by atoms with van der Waals surface area (Å²) in [6.45, 7) is 2.30. The van der Waals surface area contributed by atoms with Gasteiger partial charge in [-0.05, 0) is 17.1 Å². The fraction of sp³-hybridized carbons (Fsp3) is 0.429. The standard InChI is InChI=1S/C14H20N6O3S/c1-17(2)14(21)19-5-3-18(4-6-19)11-7-10(24(22)23)8-20-9-16-13(15)12(11)20/h7-9H,3-6,15H2,1-2H3,(H,22,23)/p-1. The van der Waals surface area contributed by atoms with Crippen LogP contribution in [0, 0.1) is 0 Å². The van der Waals surface area contributed by atoms with E-state index >= 15 is 0 Å². The molecule has 10 heteroatoms. The number of fused-ring (bicyclic) bond motifs is 1. The Morgan fingerprint density at radius 2 is 2.00 bits per heavy atom. The number of hydrogen-bond donors (Lipinski definition) is 1. The van der Waals surface area contributed by atoms with Crippen molar-refractivity contribution in [3.63, 3.8) is 0 Å². The predicted molar refractivity (Wildman–Crippen MR) is 89.7 cm³/mol. The largest absolute Gasteiger partial charge is 0.768 e. The number of nitrogen functional groups attached to an aromatic ring is 1. The maximum absolute atomic E-state index is 12.0. The van der Waals surface area contributed by atoms with Crippen molar-refractivity contribution in [1.29, 1.82) is 0 Å². The van der Waals surface area contributed by atoms with E-state index in [1.165, 1.54) is 12.5 Å². The molecular weight excluding hydrogens is 332 g/mol. The van der Waals surface area contributed by atoms with E-state index in [-0.39, 0.29) is 10.9 Å². The lowest BCUT2D eigenvalue weighted by Gasteiger charge is -2.37. The molecule has 0 aromatic carbocycles. The first kappa shape index (κ1) is 16.5. The van der Waals surface area contributed by atoms with Gasteiger partial charge in [0.2, 0.25) is 0 Å². The maximum atomic E-state index is 12.0. The average Bonchev–Trinajstić information content (AvgIpc) is 2.94. The highest BCUT2D eigenvalue weighted by Crippen LogP contribution is 2.29. The lowest BCUT2D eigenvalue weighted by Crippen LogP contribution is -2.51. The number of nitrogens with zero attached hydrogens (tertiary/aromatic N) is 5. The zero-order chi connectivity index (χ0) is 17.4. The molecule has 1 saturated heterocycles. The van der Waals surface area contributed by atoms with E-state index in [1.54, 1.807) is 34.4 Å². The van der Waals surface area contributed by atoms with Crippen molar-refractivity contribution in [2.45, 2.75) is 4.90 Å². The number of pyridine rings is 1. The Morgan fingerprint density at radius 1 is 1.33 bits per heavy atom. The van der Waals surface area contributed by atoms with Gasteiger partial charge in [0.25, 0.3) is 0 Å². The molecule has 24 heavy (non-hydrogen) atoms. The van der Waals surface area contributed by atoms with Crippen LogP contribution in [0.4, 0.5) is 16.3 Å². The number of nitrogens with two attached hydrogens (primary N) is 1. The SMILES string of the molecule is CN(C)C(=O)N1CCN(c2cc(S(=O)[O-])cn3cnc(N)c23)CC1. The molecule has 130 valence electrons. The third-order valence-corrected chi connectivity index (χ3v) is 4.68. The summed E-state index contributed by atoms with van der Waals surface area (Å²) in [5.41, 5.74) is 7.33. The summed E-state index contributed by atoms with van der Waals surface area (Å²) in [5.74, 6) is 0.347. The first-order valence-electron chi connectivity index (χ1n) is 7.45. The van der Waals surface area contributed by atoms with Gasteiger partial charge in [0.1, 0.15) is 11.8 Å². The topological polar surface area (TPSA) is 110 Å². The van der Waals surface area contributed by atoms with Crippen LogP contribution in [-0.4, -0.2) is 74.3 Å². The Morgan fingerprint density at radius 3 is 2.58 bits per heavy atom. The van der Waals surface area contributed by atoms with Crippen molar-refractivity contribution in [2.75, 3.05) is 50.9 Å². The maximum Gasteiger partial charge on any atom is 0.319 e. The molecular formula is C14H19N6O3S-. The van der Waals surface area contributed by atoms with Gasteiger partial charge in [0.05, 0.1) is 5.69 Å². The number of urea groups is 1. The molecule has 0 spiro atoms. The zero-order valence-corrected chi connectivity index (χ0v) is 14.3. The van der Waals surface area contributed by atoms with Gasteiger partial charge < -0.3 is 29.4 Å². The second-order valence-electron chi connectivity index (χ2n) is 5.83. The summed E-state index contributed by atoms with van der Waals surface area (Å²) in [7, 11) is 3.44. The van der Waals surface area contributed by atoms with E-state index in [2.05, 4.69) is 4.98 Å². The van der Waals surface area contributed by atoms with Crippen LogP contribution in [0.1, 0.15) is 0 Å². The van der Waals surface area contributed by atoms with Gasteiger partial charge in [0, 0.05) is 51.4 Å². The van der Waals surface area contributed by atoms with Crippen molar-refractivity contribution in [3.05, 3.63) is 18.6 Å². The zero-order valence-electron chi connectivity index (χ0n) is 13.5. The highest BCUT2D eigenvalue weighted by Gasteiger charge is 2.24. The molecule has 9 nitrogen and oxygen atoms in total. The minimum absolute atomic E-state index is 0.0296. The van der Waals surface area contributed by atoms with Gasteiger partial charge in [-0.15, -0.1) is 0 Å². The molecule has 2 amide bonds. The van der Waals surface area contributed by atoms with Crippen LogP contribution in [0.15, 0.2) is 23.5 Å². The van der Waals surface area contributed by atoms with Crippen LogP contribution in [0.25, 0.3) is 5.52 Å². The Bertz CT molecular complexity index is 797. The first-order chi connectivity index (χ1) is 11.4. The summed E-state index contributed by atoms with van der Waals surface area (Å²) < 4.78 is 24.3. The molecule has 1 atom stereocenters. The van der Waals surface area contributed by atoms with Gasteiger partial charge in [-0.25, -0.2) is 9.78 Å². The predicted octanol–water partition coefficient (Wildman–Crippen LogP) is -0.0419. The highest BCUT2D eigenvalue weighted by atomic mass is 32.2. The summed E-state index contributed by atoms with van der Waals surface area (Å²) in [6.07, 6.45) is 2.98. The summed E-state index contributed by atoms with van der Waals surface area (Å²) in [4.78, 5) is 21.6. The summed E-state index contributed by atoms with van der Waals surface area (Å²) in [6, 6.07) is 1.57. The fourth-order valence-corrected chi connectivity index (χ4v) is 3.28. The summed E-state index contributed by atoms with van der Waals surface area (Å²) in [5, 5.41) is 0. The Balaban J connectivity index is 1.91. The Kier molecular flexibility index (Phi) is 4.33. The van der Waals surface area contributed by atoms with Crippen molar-refractivity contribution >= 4 is 34.1 Å². The Hall–Kier alpha value is -2.33. The minimum Gasteiger partial charge on any atom is -0.768 e. The van der Waals surface area contributed by atoms with Gasteiger partial charge in [-0.1, -0.05) is 0 Å². The Labute approximate surface area is 141 Å². The lowest BCUT2D eigenvalue weighted by molar-refractivity contribution is 0.168. The first-order valence-corrected chi connectivity index (χ1v) is 8.52. The van der Waals surface area contributed by atoms with E-state index in [0.717, 1.165) is 0 Å². The van der Waals surface area contributed by atoms with Crippen molar-refractivity contribution in [2.24, 2.45) is 0 Å². The second-order valence-corrected chi connectivity index (χ2v) is 6.77. The normalized spacial score (nSPS) is 16.5.